The maximum atomic E-state index is 11.8. The maximum absolute atomic E-state index is 11.8. The Morgan fingerprint density at radius 2 is 1.90 bits per heavy atom. The highest BCUT2D eigenvalue weighted by atomic mass is 35.5. The van der Waals surface area contributed by atoms with Crippen LogP contribution in [-0.4, -0.2) is 17.9 Å². The number of para-hydroxylation sites is 1. The van der Waals surface area contributed by atoms with Gasteiger partial charge in [0.05, 0.1) is 16.1 Å². The van der Waals surface area contributed by atoms with Gasteiger partial charge in [-0.15, -0.1) is 0 Å². The summed E-state index contributed by atoms with van der Waals surface area (Å²) >= 11 is 6.08. The summed E-state index contributed by atoms with van der Waals surface area (Å²) in [4.78, 5) is 16.3. The Hall–Kier alpha value is -2.39. The molecule has 21 heavy (non-hydrogen) atoms. The quantitative estimate of drug-likeness (QED) is 0.779. The molecule has 0 bridgehead atoms. The molecule has 1 amide bonds. The second-order valence-electron chi connectivity index (χ2n) is 4.69. The molecule has 0 fully saturated rings. The van der Waals surface area contributed by atoms with E-state index >= 15 is 0 Å². The number of benzene rings is 2. The summed E-state index contributed by atoms with van der Waals surface area (Å²) in [6.07, 6.45) is 1.80. The molecule has 0 radical (unpaired) electrons. The maximum Gasteiger partial charge on any atom is 0.252 e. The van der Waals surface area contributed by atoms with Gasteiger partial charge in [0.1, 0.15) is 0 Å². The number of nitrogens with one attached hydrogen (secondary N) is 1. The van der Waals surface area contributed by atoms with Crippen molar-refractivity contribution in [3.63, 3.8) is 0 Å². The standard InChI is InChI=1S/C17H13ClN2O/c1-19-17(21)14-9-11(6-7-15(14)18)13-8-12-4-2-3-5-16(12)20-10-13/h2-10H,1H3,(H,19,21). The number of rotatable bonds is 2. The highest BCUT2D eigenvalue weighted by Gasteiger charge is 2.10. The lowest BCUT2D eigenvalue weighted by Gasteiger charge is -2.07. The van der Waals surface area contributed by atoms with Gasteiger partial charge in [0.2, 0.25) is 0 Å². The summed E-state index contributed by atoms with van der Waals surface area (Å²) in [7, 11) is 1.59. The third-order valence-corrected chi connectivity index (χ3v) is 3.69. The first-order valence-corrected chi connectivity index (χ1v) is 6.93. The van der Waals surface area contributed by atoms with E-state index in [4.69, 9.17) is 11.6 Å². The van der Waals surface area contributed by atoms with Crippen molar-refractivity contribution in [1.29, 1.82) is 0 Å². The van der Waals surface area contributed by atoms with Crippen molar-refractivity contribution in [2.24, 2.45) is 0 Å². The van der Waals surface area contributed by atoms with Gasteiger partial charge in [0.15, 0.2) is 0 Å². The Labute approximate surface area is 127 Å². The monoisotopic (exact) mass is 296 g/mol. The van der Waals surface area contributed by atoms with Crippen molar-refractivity contribution in [3.8, 4) is 11.1 Å². The molecule has 0 saturated heterocycles. The van der Waals surface area contributed by atoms with E-state index in [1.54, 1.807) is 25.4 Å². The van der Waals surface area contributed by atoms with E-state index in [1.165, 1.54) is 0 Å². The normalized spacial score (nSPS) is 10.6. The smallest absolute Gasteiger partial charge is 0.252 e. The second kappa shape index (κ2) is 5.54. The lowest BCUT2D eigenvalue weighted by atomic mass is 10.0. The van der Waals surface area contributed by atoms with Gasteiger partial charge in [-0.3, -0.25) is 9.78 Å². The van der Waals surface area contributed by atoms with Crippen molar-refractivity contribution in [2.75, 3.05) is 7.05 Å². The fraction of sp³-hybridized carbons (Fsp3) is 0.0588. The number of halogens is 1. The zero-order valence-electron chi connectivity index (χ0n) is 11.4. The van der Waals surface area contributed by atoms with Crippen molar-refractivity contribution < 1.29 is 4.79 Å². The van der Waals surface area contributed by atoms with Gasteiger partial charge in [0, 0.05) is 24.2 Å². The van der Waals surface area contributed by atoms with Gasteiger partial charge in [-0.05, 0) is 29.8 Å². The van der Waals surface area contributed by atoms with Crippen LogP contribution in [0.5, 0.6) is 0 Å². The zero-order chi connectivity index (χ0) is 14.8. The van der Waals surface area contributed by atoms with Crippen LogP contribution in [0.25, 0.3) is 22.0 Å². The molecule has 0 saturated carbocycles. The minimum Gasteiger partial charge on any atom is -0.355 e. The Morgan fingerprint density at radius 3 is 2.71 bits per heavy atom. The SMILES string of the molecule is CNC(=O)c1cc(-c2cnc3ccccc3c2)ccc1Cl. The van der Waals surface area contributed by atoms with Gasteiger partial charge in [-0.2, -0.15) is 0 Å². The van der Waals surface area contributed by atoms with Crippen molar-refractivity contribution in [2.45, 2.75) is 0 Å². The van der Waals surface area contributed by atoms with Gasteiger partial charge >= 0.3 is 0 Å². The zero-order valence-corrected chi connectivity index (χ0v) is 12.2. The molecule has 0 atom stereocenters. The third kappa shape index (κ3) is 2.60. The van der Waals surface area contributed by atoms with Gasteiger partial charge < -0.3 is 5.32 Å². The van der Waals surface area contributed by atoms with E-state index in [-0.39, 0.29) is 5.91 Å². The van der Waals surface area contributed by atoms with Crippen LogP contribution in [0.4, 0.5) is 0 Å². The van der Waals surface area contributed by atoms with Crippen LogP contribution in [0, 0.1) is 0 Å². The second-order valence-corrected chi connectivity index (χ2v) is 5.10. The van der Waals surface area contributed by atoms with Gasteiger partial charge in [0.25, 0.3) is 5.91 Å². The van der Waals surface area contributed by atoms with Gasteiger partial charge in [-0.25, -0.2) is 0 Å². The Balaban J connectivity index is 2.12. The van der Waals surface area contributed by atoms with Crippen molar-refractivity contribution in [1.82, 2.24) is 10.3 Å². The molecule has 0 unspecified atom stereocenters. The Bertz CT molecular complexity index is 830. The molecule has 3 nitrogen and oxygen atoms in total. The topological polar surface area (TPSA) is 42.0 Å². The summed E-state index contributed by atoms with van der Waals surface area (Å²) in [6.45, 7) is 0. The van der Waals surface area contributed by atoms with Crippen LogP contribution in [0.15, 0.2) is 54.7 Å². The lowest BCUT2D eigenvalue weighted by Crippen LogP contribution is -2.18. The minimum atomic E-state index is -0.199. The van der Waals surface area contributed by atoms with E-state index in [9.17, 15) is 4.79 Å². The highest BCUT2D eigenvalue weighted by Crippen LogP contribution is 2.26. The van der Waals surface area contributed by atoms with Crippen LogP contribution in [-0.2, 0) is 0 Å². The van der Waals surface area contributed by atoms with Crippen LogP contribution < -0.4 is 5.32 Å². The average Bonchev–Trinajstić information content (AvgIpc) is 2.54. The fourth-order valence-corrected chi connectivity index (χ4v) is 2.45. The Morgan fingerprint density at radius 1 is 1.10 bits per heavy atom. The van der Waals surface area contributed by atoms with Gasteiger partial charge in [-0.1, -0.05) is 35.9 Å². The van der Waals surface area contributed by atoms with E-state index < -0.39 is 0 Å². The molecule has 0 aliphatic carbocycles. The molecule has 3 rings (SSSR count). The summed E-state index contributed by atoms with van der Waals surface area (Å²) in [5.74, 6) is -0.199. The van der Waals surface area contributed by atoms with Crippen LogP contribution in [0.1, 0.15) is 10.4 Å². The number of carbonyl (C=O) groups is 1. The predicted molar refractivity (Wildman–Crippen MR) is 85.6 cm³/mol. The number of amides is 1. The summed E-state index contributed by atoms with van der Waals surface area (Å²) in [5, 5.41) is 4.09. The average molecular weight is 297 g/mol. The minimum absolute atomic E-state index is 0.199. The summed E-state index contributed by atoms with van der Waals surface area (Å²) in [6, 6.07) is 15.4. The first-order chi connectivity index (χ1) is 10.2. The fourth-order valence-electron chi connectivity index (χ4n) is 2.24. The van der Waals surface area contributed by atoms with Crippen molar-refractivity contribution >= 4 is 28.4 Å². The van der Waals surface area contributed by atoms with Crippen molar-refractivity contribution in [3.05, 3.63) is 65.3 Å². The summed E-state index contributed by atoms with van der Waals surface area (Å²) < 4.78 is 0. The third-order valence-electron chi connectivity index (χ3n) is 3.36. The molecule has 0 aliphatic heterocycles. The van der Waals surface area contributed by atoms with Crippen LogP contribution in [0.3, 0.4) is 0 Å². The Kier molecular flexibility index (Phi) is 3.59. The number of hydrogen-bond acceptors (Lipinski definition) is 2. The number of fused-ring (bicyclic) bond motifs is 1. The molecule has 0 spiro atoms. The van der Waals surface area contributed by atoms with E-state index in [1.807, 2.05) is 30.3 Å². The molecule has 2 aromatic carbocycles. The molecule has 1 heterocycles. The molecule has 1 N–H and O–H groups in total. The predicted octanol–water partition coefficient (Wildman–Crippen LogP) is 3.91. The molecular weight excluding hydrogens is 284 g/mol. The largest absolute Gasteiger partial charge is 0.355 e. The number of hydrogen-bond donors (Lipinski definition) is 1. The first kappa shape index (κ1) is 13.6. The van der Waals surface area contributed by atoms with Crippen LogP contribution in [0.2, 0.25) is 5.02 Å². The number of nitrogens with zero attached hydrogens (tertiary/aromatic N) is 1. The highest BCUT2D eigenvalue weighted by molar-refractivity contribution is 6.34. The molecule has 3 aromatic rings. The molecule has 1 aromatic heterocycles. The number of carbonyl (C=O) groups excluding carboxylic acids is 1. The molecule has 104 valence electrons. The number of pyridine rings is 1. The van der Waals surface area contributed by atoms with E-state index in [2.05, 4.69) is 16.4 Å². The molecule has 0 aliphatic rings. The van der Waals surface area contributed by atoms with E-state index in [0.29, 0.717) is 10.6 Å². The first-order valence-electron chi connectivity index (χ1n) is 6.56. The van der Waals surface area contributed by atoms with E-state index in [0.717, 1.165) is 22.0 Å². The lowest BCUT2D eigenvalue weighted by molar-refractivity contribution is 0.0963. The summed E-state index contributed by atoms with van der Waals surface area (Å²) in [5.41, 5.74) is 3.28. The molecular formula is C17H13ClN2O. The van der Waals surface area contributed by atoms with Crippen LogP contribution >= 0.6 is 11.6 Å². The molecule has 4 heteroatoms. The number of aromatic nitrogens is 1.